The van der Waals surface area contributed by atoms with Gasteiger partial charge in [0.15, 0.2) is 0 Å². The average Bonchev–Trinajstić information content (AvgIpc) is 2.86. The summed E-state index contributed by atoms with van der Waals surface area (Å²) in [5.41, 5.74) is 0.418. The Labute approximate surface area is 226 Å². The molecule has 3 N–H and O–H groups in total. The predicted octanol–water partition coefficient (Wildman–Crippen LogP) is 5.11. The quantitative estimate of drug-likeness (QED) is 0.334. The van der Waals surface area contributed by atoms with Gasteiger partial charge in [-0.05, 0) is 52.2 Å². The van der Waals surface area contributed by atoms with Gasteiger partial charge in [-0.2, -0.15) is 0 Å². The number of carbonyl (C=O) groups excluding carboxylic acids is 3. The first kappa shape index (κ1) is 30.7. The van der Waals surface area contributed by atoms with Crippen molar-refractivity contribution < 1.29 is 24.2 Å². The Bertz CT molecular complexity index is 1050. The van der Waals surface area contributed by atoms with Crippen LogP contribution in [0.2, 0.25) is 0 Å². The van der Waals surface area contributed by atoms with Gasteiger partial charge in [0.1, 0.15) is 23.4 Å². The van der Waals surface area contributed by atoms with E-state index >= 15 is 0 Å². The number of aromatic hydroxyl groups is 1. The highest BCUT2D eigenvalue weighted by Gasteiger charge is 2.39. The summed E-state index contributed by atoms with van der Waals surface area (Å²) in [6.07, 6.45) is 1.73. The number of benzene rings is 2. The number of amides is 3. The number of carbonyl (C=O) groups is 3. The molecule has 0 spiro atoms. The van der Waals surface area contributed by atoms with E-state index in [1.165, 1.54) is 11.0 Å². The Balaban J connectivity index is 2.55. The minimum absolute atomic E-state index is 0.0797. The molecule has 0 aromatic heterocycles. The van der Waals surface area contributed by atoms with E-state index in [1.54, 1.807) is 39.0 Å². The maximum Gasteiger partial charge on any atom is 0.408 e. The maximum absolute atomic E-state index is 14.3. The normalized spacial score (nSPS) is 13.6. The molecule has 3 unspecified atom stereocenters. The van der Waals surface area contributed by atoms with Gasteiger partial charge in [0.2, 0.25) is 11.8 Å². The van der Waals surface area contributed by atoms with E-state index in [9.17, 15) is 19.5 Å². The van der Waals surface area contributed by atoms with E-state index in [0.29, 0.717) is 18.5 Å². The summed E-state index contributed by atoms with van der Waals surface area (Å²) in [4.78, 5) is 42.2. The lowest BCUT2D eigenvalue weighted by Gasteiger charge is -2.38. The lowest BCUT2D eigenvalue weighted by Crippen LogP contribution is -2.56. The van der Waals surface area contributed by atoms with Crippen molar-refractivity contribution in [1.82, 2.24) is 15.5 Å². The van der Waals surface area contributed by atoms with Gasteiger partial charge in [0.25, 0.3) is 0 Å². The Hall–Kier alpha value is -3.55. The number of alkyl carbamates (subject to hydrolysis) is 1. The molecule has 38 heavy (non-hydrogen) atoms. The molecule has 0 fully saturated rings. The van der Waals surface area contributed by atoms with Gasteiger partial charge >= 0.3 is 6.09 Å². The zero-order valence-electron chi connectivity index (χ0n) is 23.5. The minimum atomic E-state index is -1.09. The number of nitrogens with zero attached hydrogens (tertiary/aromatic N) is 1. The van der Waals surface area contributed by atoms with Crippen molar-refractivity contribution in [2.45, 2.75) is 91.0 Å². The lowest BCUT2D eigenvalue weighted by molar-refractivity contribution is -0.145. The fourth-order valence-electron chi connectivity index (χ4n) is 4.10. The highest BCUT2D eigenvalue weighted by atomic mass is 16.6. The Morgan fingerprint density at radius 3 is 2.21 bits per heavy atom. The number of hydrogen-bond donors (Lipinski definition) is 3. The van der Waals surface area contributed by atoms with Crippen LogP contribution in [0.3, 0.4) is 0 Å². The van der Waals surface area contributed by atoms with Crippen molar-refractivity contribution in [3.05, 3.63) is 65.7 Å². The smallest absolute Gasteiger partial charge is 0.408 e. The van der Waals surface area contributed by atoms with Gasteiger partial charge in [0.05, 0.1) is 0 Å². The number of phenols is 1. The van der Waals surface area contributed by atoms with Gasteiger partial charge in [0, 0.05) is 24.6 Å². The van der Waals surface area contributed by atoms with Gasteiger partial charge in [-0.1, -0.05) is 68.8 Å². The van der Waals surface area contributed by atoms with Crippen molar-refractivity contribution >= 4 is 17.9 Å². The van der Waals surface area contributed by atoms with Crippen molar-refractivity contribution in [2.75, 3.05) is 6.54 Å². The summed E-state index contributed by atoms with van der Waals surface area (Å²) in [7, 11) is 0. The standard InChI is InChI=1S/C30H43N3O5/c1-7-9-19-31-27(35)26(23-17-13-14-18-25(23)34)33(21(3)8-2)28(36)24(20-22-15-11-10-12-16-22)32-29(37)38-30(4,5)6/h10-18,21,24,26,34H,7-9,19-20H2,1-6H3,(H,31,35)(H,32,37). The van der Waals surface area contributed by atoms with Crippen LogP contribution in [0.5, 0.6) is 5.75 Å². The van der Waals surface area contributed by atoms with Gasteiger partial charge in [-0.15, -0.1) is 0 Å². The van der Waals surface area contributed by atoms with E-state index < -0.39 is 29.7 Å². The number of hydrogen-bond acceptors (Lipinski definition) is 5. The molecule has 0 bridgehead atoms. The van der Waals surface area contributed by atoms with Crippen molar-refractivity contribution in [2.24, 2.45) is 0 Å². The molecular formula is C30H43N3O5. The molecule has 0 aliphatic heterocycles. The molecule has 2 aromatic carbocycles. The van der Waals surface area contributed by atoms with Crippen molar-refractivity contribution in [3.8, 4) is 5.75 Å². The maximum atomic E-state index is 14.3. The number of phenolic OH excluding ortho intramolecular Hbond substituents is 1. The van der Waals surface area contributed by atoms with Crippen LogP contribution in [0.15, 0.2) is 54.6 Å². The molecule has 3 amide bonds. The molecule has 8 heteroatoms. The zero-order chi connectivity index (χ0) is 28.3. The van der Waals surface area contributed by atoms with Crippen LogP contribution >= 0.6 is 0 Å². The van der Waals surface area contributed by atoms with Crippen molar-refractivity contribution in [3.63, 3.8) is 0 Å². The van der Waals surface area contributed by atoms with Gasteiger partial charge in [-0.25, -0.2) is 4.79 Å². The SMILES string of the molecule is CCCCNC(=O)C(c1ccccc1O)N(C(=O)C(Cc1ccccc1)NC(=O)OC(C)(C)C)C(C)CC. The largest absolute Gasteiger partial charge is 0.508 e. The summed E-state index contributed by atoms with van der Waals surface area (Å²) in [5.74, 6) is -0.902. The topological polar surface area (TPSA) is 108 Å². The molecule has 3 atom stereocenters. The molecule has 0 heterocycles. The highest BCUT2D eigenvalue weighted by molar-refractivity contribution is 5.93. The molecule has 0 aliphatic carbocycles. The molecule has 0 saturated carbocycles. The second-order valence-electron chi connectivity index (χ2n) is 10.5. The third-order valence-corrected chi connectivity index (χ3v) is 6.18. The fourth-order valence-corrected chi connectivity index (χ4v) is 4.10. The first-order chi connectivity index (χ1) is 18.0. The molecule has 8 nitrogen and oxygen atoms in total. The van der Waals surface area contributed by atoms with Gasteiger partial charge in [-0.3, -0.25) is 9.59 Å². The summed E-state index contributed by atoms with van der Waals surface area (Å²) in [5, 5.41) is 16.4. The number of para-hydroxylation sites is 1. The minimum Gasteiger partial charge on any atom is -0.508 e. The number of ether oxygens (including phenoxy) is 1. The predicted molar refractivity (Wildman–Crippen MR) is 149 cm³/mol. The first-order valence-electron chi connectivity index (χ1n) is 13.4. The Kier molecular flexibility index (Phi) is 11.6. The molecule has 0 saturated heterocycles. The van der Waals surface area contributed by atoms with E-state index in [4.69, 9.17) is 4.74 Å². The van der Waals surface area contributed by atoms with Crippen LogP contribution in [0.4, 0.5) is 4.79 Å². The molecule has 208 valence electrons. The summed E-state index contributed by atoms with van der Waals surface area (Å²) >= 11 is 0. The highest BCUT2D eigenvalue weighted by Crippen LogP contribution is 2.32. The summed E-state index contributed by atoms with van der Waals surface area (Å²) < 4.78 is 5.46. The molecule has 0 radical (unpaired) electrons. The average molecular weight is 526 g/mol. The number of rotatable bonds is 12. The fraction of sp³-hybridized carbons (Fsp3) is 0.500. The first-order valence-corrected chi connectivity index (χ1v) is 13.4. The third kappa shape index (κ3) is 9.08. The van der Waals surface area contributed by atoms with Crippen LogP contribution in [-0.2, 0) is 20.7 Å². The van der Waals surface area contributed by atoms with Crippen LogP contribution < -0.4 is 10.6 Å². The lowest BCUT2D eigenvalue weighted by atomic mass is 9.97. The molecule has 2 aromatic rings. The number of unbranched alkanes of at least 4 members (excludes halogenated alkanes) is 1. The van der Waals surface area contributed by atoms with E-state index in [1.807, 2.05) is 51.1 Å². The van der Waals surface area contributed by atoms with Crippen LogP contribution in [-0.4, -0.2) is 52.1 Å². The van der Waals surface area contributed by atoms with Crippen molar-refractivity contribution in [1.29, 1.82) is 0 Å². The van der Waals surface area contributed by atoms with E-state index in [0.717, 1.165) is 18.4 Å². The summed E-state index contributed by atoms with van der Waals surface area (Å²) in [6.45, 7) is 11.5. The molecule has 0 aliphatic rings. The molecular weight excluding hydrogens is 482 g/mol. The van der Waals surface area contributed by atoms with Crippen LogP contribution in [0, 0.1) is 0 Å². The zero-order valence-corrected chi connectivity index (χ0v) is 23.5. The van der Waals surface area contributed by atoms with Crippen LogP contribution in [0.25, 0.3) is 0 Å². The van der Waals surface area contributed by atoms with Gasteiger partial charge < -0.3 is 25.4 Å². The van der Waals surface area contributed by atoms with E-state index in [-0.39, 0.29) is 24.1 Å². The Morgan fingerprint density at radius 2 is 1.63 bits per heavy atom. The number of nitrogens with one attached hydrogen (secondary N) is 2. The monoisotopic (exact) mass is 525 g/mol. The van der Waals surface area contributed by atoms with E-state index in [2.05, 4.69) is 10.6 Å². The molecule has 2 rings (SSSR count). The second kappa shape index (κ2) is 14.4. The Morgan fingerprint density at radius 1 is 1.00 bits per heavy atom. The summed E-state index contributed by atoms with van der Waals surface area (Å²) in [6, 6.07) is 13.4. The second-order valence-corrected chi connectivity index (χ2v) is 10.5. The third-order valence-electron chi connectivity index (χ3n) is 6.18. The van der Waals surface area contributed by atoms with Crippen LogP contribution in [0.1, 0.15) is 78.0 Å².